The second-order valence-electron chi connectivity index (χ2n) is 8.67. The van der Waals surface area contributed by atoms with E-state index in [4.69, 9.17) is 9.72 Å². The van der Waals surface area contributed by atoms with Crippen molar-refractivity contribution in [1.29, 1.82) is 0 Å². The summed E-state index contributed by atoms with van der Waals surface area (Å²) in [5, 5.41) is 7.24. The van der Waals surface area contributed by atoms with Crippen LogP contribution in [-0.2, 0) is 4.74 Å². The SMILES string of the molecule is Cc1cccc(-c2[nH]ncc2-c2ccc3ncc(C(=O)OCCCCN4CCCC4)cc3n2)n1. The van der Waals surface area contributed by atoms with Gasteiger partial charge in [-0.15, -0.1) is 0 Å². The molecular formula is C26H28N6O2. The van der Waals surface area contributed by atoms with E-state index in [1.807, 2.05) is 37.3 Å². The first-order chi connectivity index (χ1) is 16.7. The summed E-state index contributed by atoms with van der Waals surface area (Å²) in [7, 11) is 0. The monoisotopic (exact) mass is 456 g/mol. The summed E-state index contributed by atoms with van der Waals surface area (Å²) in [6.07, 6.45) is 7.78. The first-order valence-electron chi connectivity index (χ1n) is 11.8. The van der Waals surface area contributed by atoms with E-state index < -0.39 is 0 Å². The molecule has 0 bridgehead atoms. The lowest BCUT2D eigenvalue weighted by molar-refractivity contribution is 0.0495. The van der Waals surface area contributed by atoms with Crippen LogP contribution >= 0.6 is 0 Å². The molecule has 0 saturated carbocycles. The van der Waals surface area contributed by atoms with Crippen molar-refractivity contribution in [1.82, 2.24) is 30.0 Å². The van der Waals surface area contributed by atoms with E-state index >= 15 is 0 Å². The highest BCUT2D eigenvalue weighted by Crippen LogP contribution is 2.29. The van der Waals surface area contributed by atoms with Gasteiger partial charge in [0.15, 0.2) is 0 Å². The molecule has 1 fully saturated rings. The van der Waals surface area contributed by atoms with Crippen molar-refractivity contribution in [3.05, 3.63) is 60.0 Å². The Morgan fingerprint density at radius 2 is 1.91 bits per heavy atom. The Morgan fingerprint density at radius 1 is 1.03 bits per heavy atom. The Kier molecular flexibility index (Phi) is 6.58. The molecule has 1 saturated heterocycles. The summed E-state index contributed by atoms with van der Waals surface area (Å²) < 4.78 is 5.48. The van der Waals surface area contributed by atoms with Crippen LogP contribution in [-0.4, -0.2) is 62.3 Å². The zero-order chi connectivity index (χ0) is 23.3. The summed E-state index contributed by atoms with van der Waals surface area (Å²) in [5.41, 5.74) is 5.84. The molecule has 4 aromatic rings. The van der Waals surface area contributed by atoms with Gasteiger partial charge in [0.2, 0.25) is 0 Å². The van der Waals surface area contributed by atoms with Crippen molar-refractivity contribution in [2.75, 3.05) is 26.2 Å². The highest BCUT2D eigenvalue weighted by molar-refractivity contribution is 5.93. The fourth-order valence-corrected chi connectivity index (χ4v) is 4.32. The minimum atomic E-state index is -0.365. The quantitative estimate of drug-likeness (QED) is 0.310. The average Bonchev–Trinajstić information content (AvgIpc) is 3.55. The number of unbranched alkanes of at least 4 members (excludes halogenated alkanes) is 1. The van der Waals surface area contributed by atoms with Crippen LogP contribution in [0, 0.1) is 6.92 Å². The number of hydrogen-bond donors (Lipinski definition) is 1. The molecule has 5 rings (SSSR count). The number of esters is 1. The molecular weight excluding hydrogens is 428 g/mol. The number of carbonyl (C=O) groups excluding carboxylic acids is 1. The third-order valence-electron chi connectivity index (χ3n) is 6.13. The number of nitrogens with one attached hydrogen (secondary N) is 1. The van der Waals surface area contributed by atoms with Crippen molar-refractivity contribution < 1.29 is 9.53 Å². The molecule has 1 aliphatic rings. The van der Waals surface area contributed by atoms with Crippen molar-refractivity contribution in [2.45, 2.75) is 32.6 Å². The normalized spacial score (nSPS) is 14.0. The highest BCUT2D eigenvalue weighted by atomic mass is 16.5. The average molecular weight is 457 g/mol. The van der Waals surface area contributed by atoms with Gasteiger partial charge >= 0.3 is 5.97 Å². The standard InChI is InChI=1S/C26H28N6O2/c1-18-7-6-8-23(29-18)25-20(17-28-31-25)21-9-10-22-24(30-21)15-19(16-27-22)26(33)34-14-5-4-13-32-11-2-3-12-32/h6-10,15-17H,2-5,11-14H2,1H3,(H,28,31). The molecule has 8 heteroatoms. The van der Waals surface area contributed by atoms with Gasteiger partial charge in [-0.3, -0.25) is 15.1 Å². The Morgan fingerprint density at radius 3 is 2.76 bits per heavy atom. The molecule has 0 spiro atoms. The minimum absolute atomic E-state index is 0.365. The van der Waals surface area contributed by atoms with Crippen molar-refractivity contribution in [3.63, 3.8) is 0 Å². The van der Waals surface area contributed by atoms with Gasteiger partial charge in [-0.2, -0.15) is 5.10 Å². The molecule has 174 valence electrons. The number of hydrogen-bond acceptors (Lipinski definition) is 7. The maximum absolute atomic E-state index is 12.6. The summed E-state index contributed by atoms with van der Waals surface area (Å²) in [4.78, 5) is 28.8. The van der Waals surface area contributed by atoms with Gasteiger partial charge in [-0.25, -0.2) is 9.78 Å². The largest absolute Gasteiger partial charge is 0.462 e. The summed E-state index contributed by atoms with van der Waals surface area (Å²) in [5.74, 6) is -0.365. The van der Waals surface area contributed by atoms with Crippen molar-refractivity contribution >= 4 is 17.0 Å². The molecule has 8 nitrogen and oxygen atoms in total. The Labute approximate surface area is 198 Å². The van der Waals surface area contributed by atoms with Crippen LogP contribution < -0.4 is 0 Å². The number of rotatable bonds is 8. The lowest BCUT2D eigenvalue weighted by Crippen LogP contribution is -2.20. The van der Waals surface area contributed by atoms with Crippen LogP contribution in [0.15, 0.2) is 48.8 Å². The number of aromatic nitrogens is 5. The predicted molar refractivity (Wildman–Crippen MR) is 130 cm³/mol. The number of aryl methyl sites for hydroxylation is 1. The third kappa shape index (κ3) is 4.97. The lowest BCUT2D eigenvalue weighted by Gasteiger charge is -2.13. The summed E-state index contributed by atoms with van der Waals surface area (Å²) in [6.45, 7) is 5.84. The van der Waals surface area contributed by atoms with E-state index in [9.17, 15) is 4.79 Å². The number of nitrogens with zero attached hydrogens (tertiary/aromatic N) is 5. The Hall–Kier alpha value is -3.65. The topological polar surface area (TPSA) is 96.9 Å². The number of fused-ring (bicyclic) bond motifs is 1. The van der Waals surface area contributed by atoms with Crippen LogP contribution in [0.1, 0.15) is 41.7 Å². The van der Waals surface area contributed by atoms with E-state index in [1.54, 1.807) is 18.5 Å². The van der Waals surface area contributed by atoms with E-state index in [0.29, 0.717) is 23.2 Å². The Balaban J connectivity index is 1.28. The van der Waals surface area contributed by atoms with Crippen LogP contribution in [0.4, 0.5) is 0 Å². The predicted octanol–water partition coefficient (Wildman–Crippen LogP) is 4.42. The maximum atomic E-state index is 12.6. The first kappa shape index (κ1) is 22.2. The molecule has 1 aliphatic heterocycles. The molecule has 0 unspecified atom stereocenters. The summed E-state index contributed by atoms with van der Waals surface area (Å²) >= 11 is 0. The molecule has 4 aromatic heterocycles. The lowest BCUT2D eigenvalue weighted by atomic mass is 10.1. The number of H-pyrrole nitrogens is 1. The molecule has 0 radical (unpaired) electrons. The van der Waals surface area contributed by atoms with E-state index in [-0.39, 0.29) is 5.97 Å². The van der Waals surface area contributed by atoms with Crippen LogP contribution in [0.2, 0.25) is 0 Å². The number of pyridine rings is 3. The molecule has 1 N–H and O–H groups in total. The van der Waals surface area contributed by atoms with Crippen molar-refractivity contribution in [2.24, 2.45) is 0 Å². The molecule has 0 aromatic carbocycles. The maximum Gasteiger partial charge on any atom is 0.339 e. The summed E-state index contributed by atoms with van der Waals surface area (Å²) in [6, 6.07) is 11.4. The van der Waals surface area contributed by atoms with E-state index in [1.165, 1.54) is 25.9 Å². The van der Waals surface area contributed by atoms with Gasteiger partial charge in [0, 0.05) is 17.5 Å². The van der Waals surface area contributed by atoms with Gasteiger partial charge in [0.25, 0.3) is 0 Å². The Bertz CT molecular complexity index is 1300. The van der Waals surface area contributed by atoms with E-state index in [0.717, 1.165) is 47.7 Å². The zero-order valence-corrected chi connectivity index (χ0v) is 19.3. The smallest absolute Gasteiger partial charge is 0.339 e. The molecule has 0 atom stereocenters. The second kappa shape index (κ2) is 10.1. The van der Waals surface area contributed by atoms with E-state index in [2.05, 4.69) is 25.1 Å². The molecule has 0 aliphatic carbocycles. The number of carbonyl (C=O) groups is 1. The fourth-order valence-electron chi connectivity index (χ4n) is 4.32. The van der Waals surface area contributed by atoms with Crippen LogP contribution in [0.5, 0.6) is 0 Å². The number of ether oxygens (including phenoxy) is 1. The molecule has 5 heterocycles. The van der Waals surface area contributed by atoms with Gasteiger partial charge in [-0.1, -0.05) is 6.07 Å². The zero-order valence-electron chi connectivity index (χ0n) is 19.3. The van der Waals surface area contributed by atoms with Gasteiger partial charge in [-0.05, 0) is 82.6 Å². The number of aromatic amines is 1. The third-order valence-corrected chi connectivity index (χ3v) is 6.13. The fraction of sp³-hybridized carbons (Fsp3) is 0.346. The van der Waals surface area contributed by atoms with Gasteiger partial charge in [0.1, 0.15) is 0 Å². The van der Waals surface area contributed by atoms with Crippen LogP contribution in [0.3, 0.4) is 0 Å². The highest BCUT2D eigenvalue weighted by Gasteiger charge is 2.15. The number of likely N-dealkylation sites (tertiary alicyclic amines) is 1. The van der Waals surface area contributed by atoms with Crippen LogP contribution in [0.25, 0.3) is 33.7 Å². The van der Waals surface area contributed by atoms with Gasteiger partial charge < -0.3 is 9.64 Å². The van der Waals surface area contributed by atoms with Crippen molar-refractivity contribution in [3.8, 4) is 22.6 Å². The van der Waals surface area contributed by atoms with Gasteiger partial charge in [0.05, 0.1) is 46.5 Å². The molecule has 34 heavy (non-hydrogen) atoms. The first-order valence-corrected chi connectivity index (χ1v) is 11.8. The minimum Gasteiger partial charge on any atom is -0.462 e. The molecule has 0 amide bonds. The second-order valence-corrected chi connectivity index (χ2v) is 8.67.